The van der Waals surface area contributed by atoms with Gasteiger partial charge in [-0.2, -0.15) is 0 Å². The fourth-order valence-corrected chi connectivity index (χ4v) is 3.01. The highest BCUT2D eigenvalue weighted by molar-refractivity contribution is 5.99. The van der Waals surface area contributed by atoms with Gasteiger partial charge in [0.05, 0.1) is 13.7 Å². The van der Waals surface area contributed by atoms with Gasteiger partial charge in [0.25, 0.3) is 0 Å². The van der Waals surface area contributed by atoms with Crippen LogP contribution in [-0.2, 0) is 27.2 Å². The molecule has 0 bridgehead atoms. The first kappa shape index (κ1) is 19.0. The third kappa shape index (κ3) is 4.60. The second-order valence-electron chi connectivity index (χ2n) is 6.21. The molecule has 0 amide bonds. The van der Waals surface area contributed by atoms with Crippen molar-refractivity contribution < 1.29 is 19.1 Å². The zero-order chi connectivity index (χ0) is 18.4. The summed E-state index contributed by atoms with van der Waals surface area (Å²) in [5.41, 5.74) is 3.44. The first-order valence-electron chi connectivity index (χ1n) is 8.49. The summed E-state index contributed by atoms with van der Waals surface area (Å²) >= 11 is 0. The van der Waals surface area contributed by atoms with Crippen LogP contribution in [0.1, 0.15) is 41.4 Å². The maximum atomic E-state index is 12.4. The van der Waals surface area contributed by atoms with Crippen LogP contribution >= 0.6 is 0 Å². The van der Waals surface area contributed by atoms with Gasteiger partial charge in [-0.05, 0) is 51.1 Å². The molecule has 2 aromatic rings. The standard InChI is InChI=1S/C19H26N2O4/c1-5-25-19(23)18-14(9-7-11-16(22)24-4)17-13(12-21(2)3)8-6-10-15(17)20-18/h6,8,10,20H,5,7,9,11-12H2,1-4H3. The topological polar surface area (TPSA) is 71.6 Å². The lowest BCUT2D eigenvalue weighted by atomic mass is 10.00. The van der Waals surface area contributed by atoms with Gasteiger partial charge < -0.3 is 19.4 Å². The van der Waals surface area contributed by atoms with Crippen molar-refractivity contribution in [1.29, 1.82) is 0 Å². The molecule has 0 aliphatic rings. The summed E-state index contributed by atoms with van der Waals surface area (Å²) in [5, 5.41) is 1.05. The molecule has 0 saturated carbocycles. The number of carbonyl (C=O) groups excluding carboxylic acids is 2. The molecular weight excluding hydrogens is 320 g/mol. The Kier molecular flexibility index (Phi) is 6.58. The Morgan fingerprint density at radius 1 is 1.24 bits per heavy atom. The van der Waals surface area contributed by atoms with Gasteiger partial charge >= 0.3 is 11.9 Å². The van der Waals surface area contributed by atoms with Crippen molar-refractivity contribution in [2.24, 2.45) is 0 Å². The van der Waals surface area contributed by atoms with Gasteiger partial charge in [-0.25, -0.2) is 4.79 Å². The number of carbonyl (C=O) groups is 2. The maximum absolute atomic E-state index is 12.4. The molecule has 6 heteroatoms. The lowest BCUT2D eigenvalue weighted by molar-refractivity contribution is -0.140. The SMILES string of the molecule is CCOC(=O)c1[nH]c2cccc(CN(C)C)c2c1CCCC(=O)OC. The smallest absolute Gasteiger partial charge is 0.355 e. The third-order valence-electron chi connectivity index (χ3n) is 4.02. The molecule has 136 valence electrons. The number of aromatic nitrogens is 1. The van der Waals surface area contributed by atoms with E-state index >= 15 is 0 Å². The van der Waals surface area contributed by atoms with Gasteiger partial charge in [0.15, 0.2) is 0 Å². The van der Waals surface area contributed by atoms with Crippen molar-refractivity contribution >= 4 is 22.8 Å². The van der Waals surface area contributed by atoms with Crippen molar-refractivity contribution in [1.82, 2.24) is 9.88 Å². The number of H-pyrrole nitrogens is 1. The number of nitrogens with one attached hydrogen (secondary N) is 1. The molecule has 6 nitrogen and oxygen atoms in total. The Bertz CT molecular complexity index is 749. The number of aryl methyl sites for hydroxylation is 1. The minimum absolute atomic E-state index is 0.244. The average Bonchev–Trinajstić information content (AvgIpc) is 2.94. The number of benzene rings is 1. The number of hydrogen-bond donors (Lipinski definition) is 1. The monoisotopic (exact) mass is 346 g/mol. The number of aromatic amines is 1. The van der Waals surface area contributed by atoms with Gasteiger partial charge in [-0.3, -0.25) is 4.79 Å². The summed E-state index contributed by atoms with van der Waals surface area (Å²) in [5.74, 6) is -0.603. The van der Waals surface area contributed by atoms with E-state index in [9.17, 15) is 9.59 Å². The predicted octanol–water partition coefficient (Wildman–Crippen LogP) is 2.90. The van der Waals surface area contributed by atoms with Crippen molar-refractivity contribution in [2.45, 2.75) is 32.7 Å². The summed E-state index contributed by atoms with van der Waals surface area (Å²) in [6.07, 6.45) is 1.54. The van der Waals surface area contributed by atoms with Crippen LogP contribution in [0.25, 0.3) is 10.9 Å². The van der Waals surface area contributed by atoms with E-state index < -0.39 is 0 Å². The van der Waals surface area contributed by atoms with E-state index in [1.54, 1.807) is 6.92 Å². The molecule has 1 N–H and O–H groups in total. The van der Waals surface area contributed by atoms with E-state index in [0.717, 1.165) is 28.6 Å². The van der Waals surface area contributed by atoms with Crippen LogP contribution in [0.15, 0.2) is 18.2 Å². The summed E-state index contributed by atoms with van der Waals surface area (Å²) in [7, 11) is 5.40. The van der Waals surface area contributed by atoms with Gasteiger partial charge in [0, 0.05) is 23.9 Å². The quantitative estimate of drug-likeness (QED) is 0.744. The van der Waals surface area contributed by atoms with Crippen LogP contribution in [0.4, 0.5) is 0 Å². The summed E-state index contributed by atoms with van der Waals surface area (Å²) in [4.78, 5) is 29.1. The highest BCUT2D eigenvalue weighted by Crippen LogP contribution is 2.29. The minimum atomic E-state index is -0.359. The molecule has 2 rings (SSSR count). The molecule has 0 atom stereocenters. The summed E-state index contributed by atoms with van der Waals surface area (Å²) < 4.78 is 9.90. The molecule has 0 saturated heterocycles. The number of methoxy groups -OCH3 is 1. The second-order valence-corrected chi connectivity index (χ2v) is 6.21. The molecule has 0 aliphatic carbocycles. The normalized spacial score (nSPS) is 11.1. The molecule has 1 aromatic carbocycles. The zero-order valence-corrected chi connectivity index (χ0v) is 15.3. The largest absolute Gasteiger partial charge is 0.469 e. The molecule has 1 aromatic heterocycles. The molecule has 1 heterocycles. The molecule has 0 unspecified atom stereocenters. The Labute approximate surface area is 148 Å². The molecule has 0 aliphatic heterocycles. The third-order valence-corrected chi connectivity index (χ3v) is 4.02. The highest BCUT2D eigenvalue weighted by atomic mass is 16.5. The van der Waals surface area contributed by atoms with E-state index in [2.05, 4.69) is 16.0 Å². The van der Waals surface area contributed by atoms with E-state index in [-0.39, 0.29) is 11.9 Å². The van der Waals surface area contributed by atoms with Crippen LogP contribution in [0.5, 0.6) is 0 Å². The van der Waals surface area contributed by atoms with E-state index in [1.165, 1.54) is 7.11 Å². The lowest BCUT2D eigenvalue weighted by Crippen LogP contribution is -2.11. The van der Waals surface area contributed by atoms with Crippen molar-refractivity contribution in [3.63, 3.8) is 0 Å². The van der Waals surface area contributed by atoms with Crippen molar-refractivity contribution in [3.05, 3.63) is 35.0 Å². The van der Waals surface area contributed by atoms with Gasteiger partial charge in [-0.15, -0.1) is 0 Å². The number of ether oxygens (including phenoxy) is 2. The molecular formula is C19H26N2O4. The first-order chi connectivity index (χ1) is 12.0. The van der Waals surface area contributed by atoms with Crippen molar-refractivity contribution in [2.75, 3.05) is 27.8 Å². The van der Waals surface area contributed by atoms with E-state index in [1.807, 2.05) is 26.2 Å². The van der Waals surface area contributed by atoms with E-state index in [4.69, 9.17) is 9.47 Å². The van der Waals surface area contributed by atoms with Crippen molar-refractivity contribution in [3.8, 4) is 0 Å². The number of esters is 2. The van der Waals surface area contributed by atoms with E-state index in [0.29, 0.717) is 31.6 Å². The fraction of sp³-hybridized carbons (Fsp3) is 0.474. The fourth-order valence-electron chi connectivity index (χ4n) is 3.01. The Morgan fingerprint density at radius 3 is 2.64 bits per heavy atom. The second kappa shape index (κ2) is 8.67. The number of hydrogen-bond acceptors (Lipinski definition) is 5. The number of rotatable bonds is 8. The Hall–Kier alpha value is -2.34. The van der Waals surface area contributed by atoms with Crippen LogP contribution < -0.4 is 0 Å². The first-order valence-corrected chi connectivity index (χ1v) is 8.49. The molecule has 0 fully saturated rings. The molecule has 0 spiro atoms. The van der Waals surface area contributed by atoms with Crippen LogP contribution in [-0.4, -0.2) is 49.6 Å². The lowest BCUT2D eigenvalue weighted by Gasteiger charge is -2.12. The zero-order valence-electron chi connectivity index (χ0n) is 15.3. The number of fused-ring (bicyclic) bond motifs is 1. The summed E-state index contributed by atoms with van der Waals surface area (Å²) in [6, 6.07) is 6.00. The minimum Gasteiger partial charge on any atom is -0.469 e. The molecule has 0 radical (unpaired) electrons. The van der Waals surface area contributed by atoms with Crippen LogP contribution in [0.2, 0.25) is 0 Å². The average molecular weight is 346 g/mol. The van der Waals surface area contributed by atoms with Gasteiger partial charge in [-0.1, -0.05) is 12.1 Å². The van der Waals surface area contributed by atoms with Gasteiger partial charge in [0.1, 0.15) is 5.69 Å². The Balaban J connectivity index is 2.45. The van der Waals surface area contributed by atoms with Crippen LogP contribution in [0, 0.1) is 0 Å². The molecule has 25 heavy (non-hydrogen) atoms. The van der Waals surface area contributed by atoms with Gasteiger partial charge in [0.2, 0.25) is 0 Å². The highest BCUT2D eigenvalue weighted by Gasteiger charge is 2.21. The van der Waals surface area contributed by atoms with Crippen LogP contribution in [0.3, 0.4) is 0 Å². The maximum Gasteiger partial charge on any atom is 0.355 e. The predicted molar refractivity (Wildman–Crippen MR) is 96.6 cm³/mol. The number of nitrogens with zero attached hydrogens (tertiary/aromatic N) is 1. The summed E-state index contributed by atoms with van der Waals surface area (Å²) in [6.45, 7) is 2.87. The Morgan fingerprint density at radius 2 is 2.00 bits per heavy atom.